The highest BCUT2D eigenvalue weighted by atomic mass is 28.3. The zero-order chi connectivity index (χ0) is 10.4. The summed E-state index contributed by atoms with van der Waals surface area (Å²) in [5, 5.41) is 0. The first-order chi connectivity index (χ1) is 6.70. The molecular formula is C12H17OSi. The van der Waals surface area contributed by atoms with Crippen molar-refractivity contribution < 1.29 is 4.74 Å². The molecule has 0 aliphatic heterocycles. The minimum Gasteiger partial charge on any atom is -0.465 e. The molecule has 75 valence electrons. The van der Waals surface area contributed by atoms with Crippen molar-refractivity contribution in [3.63, 3.8) is 0 Å². The Bertz CT molecular complexity index is 305. The van der Waals surface area contributed by atoms with Gasteiger partial charge in [0.25, 0.3) is 0 Å². The van der Waals surface area contributed by atoms with Crippen molar-refractivity contribution in [1.29, 1.82) is 0 Å². The summed E-state index contributed by atoms with van der Waals surface area (Å²) >= 11 is 0. The highest BCUT2D eigenvalue weighted by molar-refractivity contribution is 6.56. The van der Waals surface area contributed by atoms with E-state index in [0.717, 1.165) is 11.8 Å². The van der Waals surface area contributed by atoms with E-state index in [1.54, 1.807) is 6.26 Å². The van der Waals surface area contributed by atoms with E-state index in [0.29, 0.717) is 0 Å². The van der Waals surface area contributed by atoms with Gasteiger partial charge in [0.15, 0.2) is 0 Å². The van der Waals surface area contributed by atoms with Crippen molar-refractivity contribution in [3.05, 3.63) is 42.2 Å². The third kappa shape index (κ3) is 3.79. The molecule has 0 saturated heterocycles. The average molecular weight is 205 g/mol. The van der Waals surface area contributed by atoms with Gasteiger partial charge in [-0.25, -0.2) is 0 Å². The maximum absolute atomic E-state index is 5.52. The number of benzene rings is 1. The van der Waals surface area contributed by atoms with Crippen LogP contribution < -0.4 is 4.74 Å². The molecule has 0 fully saturated rings. The maximum atomic E-state index is 5.52. The van der Waals surface area contributed by atoms with Gasteiger partial charge in [-0.2, -0.15) is 0 Å². The fraction of sp³-hybridized carbons (Fsp3) is 0.333. The molecule has 1 rings (SSSR count). The lowest BCUT2D eigenvalue weighted by Crippen LogP contribution is -1.95. The van der Waals surface area contributed by atoms with Gasteiger partial charge in [0.1, 0.15) is 5.75 Å². The summed E-state index contributed by atoms with van der Waals surface area (Å²) < 4.78 is 5.52. The molecule has 0 N–H and O–H groups in total. The molecule has 0 aromatic heterocycles. The molecule has 0 atom stereocenters. The van der Waals surface area contributed by atoms with Crippen molar-refractivity contribution in [1.82, 2.24) is 0 Å². The lowest BCUT2D eigenvalue weighted by Gasteiger charge is -2.03. The Kier molecular flexibility index (Phi) is 4.46. The molecule has 0 unspecified atom stereocenters. The molecule has 1 aromatic rings. The predicted octanol–water partition coefficient (Wildman–Crippen LogP) is 3.64. The van der Waals surface area contributed by atoms with Crippen LogP contribution in [0.1, 0.15) is 5.56 Å². The summed E-state index contributed by atoms with van der Waals surface area (Å²) in [6, 6.07) is 9.22. The van der Waals surface area contributed by atoms with E-state index in [-0.39, 0.29) is 8.80 Å². The Hall–Kier alpha value is -1.02. The Morgan fingerprint density at radius 1 is 1.29 bits per heavy atom. The van der Waals surface area contributed by atoms with Gasteiger partial charge in [0.2, 0.25) is 0 Å². The first kappa shape index (κ1) is 11.1. The number of hydrogen-bond acceptors (Lipinski definition) is 1. The van der Waals surface area contributed by atoms with Crippen LogP contribution in [-0.4, -0.2) is 8.80 Å². The molecule has 1 radical (unpaired) electrons. The molecule has 14 heavy (non-hydrogen) atoms. The van der Waals surface area contributed by atoms with E-state index in [9.17, 15) is 0 Å². The smallest absolute Gasteiger partial charge is 0.129 e. The van der Waals surface area contributed by atoms with Gasteiger partial charge in [-0.15, -0.1) is 0 Å². The SMILES string of the molecule is Cc1ccccc1OC=CC[Si](C)C. The van der Waals surface area contributed by atoms with Crippen molar-refractivity contribution in [2.24, 2.45) is 0 Å². The molecule has 0 saturated carbocycles. The minimum atomic E-state index is -0.165. The first-order valence-corrected chi connectivity index (χ1v) is 7.57. The number of hydrogen-bond donors (Lipinski definition) is 0. The van der Waals surface area contributed by atoms with E-state index in [1.165, 1.54) is 5.56 Å². The fourth-order valence-corrected chi connectivity index (χ4v) is 1.66. The van der Waals surface area contributed by atoms with Crippen LogP contribution in [0.25, 0.3) is 0 Å². The summed E-state index contributed by atoms with van der Waals surface area (Å²) in [6.45, 7) is 6.64. The second-order valence-electron chi connectivity index (χ2n) is 3.67. The second kappa shape index (κ2) is 5.65. The molecule has 1 nitrogen and oxygen atoms in total. The number of rotatable bonds is 4. The maximum Gasteiger partial charge on any atom is 0.129 e. The Morgan fingerprint density at radius 2 is 2.00 bits per heavy atom. The van der Waals surface area contributed by atoms with Crippen molar-refractivity contribution in [3.8, 4) is 5.75 Å². The van der Waals surface area contributed by atoms with Crippen molar-refractivity contribution >= 4 is 8.80 Å². The number of para-hydroxylation sites is 1. The van der Waals surface area contributed by atoms with Crippen LogP contribution >= 0.6 is 0 Å². The molecule has 0 aliphatic rings. The monoisotopic (exact) mass is 205 g/mol. The van der Waals surface area contributed by atoms with E-state index in [4.69, 9.17) is 4.74 Å². The van der Waals surface area contributed by atoms with Crippen LogP contribution in [-0.2, 0) is 0 Å². The van der Waals surface area contributed by atoms with Gasteiger partial charge in [-0.1, -0.05) is 37.4 Å². The Morgan fingerprint density at radius 3 is 2.64 bits per heavy atom. The van der Waals surface area contributed by atoms with Gasteiger partial charge in [-0.3, -0.25) is 0 Å². The van der Waals surface area contributed by atoms with E-state index in [1.807, 2.05) is 18.2 Å². The summed E-state index contributed by atoms with van der Waals surface area (Å²) in [5.74, 6) is 0.949. The van der Waals surface area contributed by atoms with Gasteiger partial charge < -0.3 is 4.74 Å². The Labute approximate surface area is 88.0 Å². The zero-order valence-electron chi connectivity index (χ0n) is 9.08. The minimum absolute atomic E-state index is 0.165. The second-order valence-corrected chi connectivity index (χ2v) is 6.49. The number of allylic oxidation sites excluding steroid dienone is 1. The topological polar surface area (TPSA) is 9.23 Å². The number of aryl methyl sites for hydroxylation is 1. The zero-order valence-corrected chi connectivity index (χ0v) is 10.1. The van der Waals surface area contributed by atoms with Gasteiger partial charge >= 0.3 is 0 Å². The largest absolute Gasteiger partial charge is 0.465 e. The highest BCUT2D eigenvalue weighted by Gasteiger charge is 1.94. The first-order valence-electron chi connectivity index (χ1n) is 4.86. The molecule has 0 aliphatic carbocycles. The van der Waals surface area contributed by atoms with E-state index < -0.39 is 0 Å². The standard InChI is InChI=1S/C12H17OSi/c1-11-7-4-5-8-12(11)13-9-6-10-14(2)3/h4-9H,10H2,1-3H3. The molecule has 2 heteroatoms. The average Bonchev–Trinajstić information content (AvgIpc) is 2.15. The molecule has 0 amide bonds. The van der Waals surface area contributed by atoms with Crippen LogP contribution in [0.4, 0.5) is 0 Å². The molecule has 1 aromatic carbocycles. The van der Waals surface area contributed by atoms with Gasteiger partial charge in [0, 0.05) is 8.80 Å². The summed E-state index contributed by atoms with van der Waals surface area (Å²) in [7, 11) is -0.165. The van der Waals surface area contributed by atoms with Crippen LogP contribution in [0.15, 0.2) is 36.6 Å². The fourth-order valence-electron chi connectivity index (χ4n) is 1.09. The van der Waals surface area contributed by atoms with Gasteiger partial charge in [0.05, 0.1) is 6.26 Å². The van der Waals surface area contributed by atoms with E-state index in [2.05, 4.69) is 32.2 Å². The Balaban J connectivity index is 2.45. The lowest BCUT2D eigenvalue weighted by molar-refractivity contribution is 0.476. The lowest BCUT2D eigenvalue weighted by atomic mass is 10.2. The number of ether oxygens (including phenoxy) is 1. The highest BCUT2D eigenvalue weighted by Crippen LogP contribution is 2.16. The quantitative estimate of drug-likeness (QED) is 0.538. The van der Waals surface area contributed by atoms with Crippen LogP contribution in [0.3, 0.4) is 0 Å². The molecule has 0 bridgehead atoms. The summed E-state index contributed by atoms with van der Waals surface area (Å²) in [5.41, 5.74) is 1.18. The van der Waals surface area contributed by atoms with Crippen molar-refractivity contribution in [2.45, 2.75) is 26.1 Å². The molecule has 0 heterocycles. The summed E-state index contributed by atoms with van der Waals surface area (Å²) in [6.07, 6.45) is 3.92. The third-order valence-electron chi connectivity index (χ3n) is 1.91. The van der Waals surface area contributed by atoms with Crippen molar-refractivity contribution in [2.75, 3.05) is 0 Å². The molecular weight excluding hydrogens is 188 g/mol. The van der Waals surface area contributed by atoms with Crippen LogP contribution in [0, 0.1) is 6.92 Å². The van der Waals surface area contributed by atoms with Crippen LogP contribution in [0.2, 0.25) is 19.1 Å². The predicted molar refractivity (Wildman–Crippen MR) is 63.2 cm³/mol. The summed E-state index contributed by atoms with van der Waals surface area (Å²) in [4.78, 5) is 0. The third-order valence-corrected chi connectivity index (χ3v) is 2.96. The normalized spacial score (nSPS) is 11.1. The molecule has 0 spiro atoms. The van der Waals surface area contributed by atoms with Gasteiger partial charge in [-0.05, 0) is 24.6 Å². The van der Waals surface area contributed by atoms with E-state index >= 15 is 0 Å². The van der Waals surface area contributed by atoms with Crippen LogP contribution in [0.5, 0.6) is 5.75 Å².